The maximum Gasteiger partial charge on any atom is 0.256 e. The third kappa shape index (κ3) is 2.91. The number of carbonyl (C=O) groups excluding carboxylic acids is 1. The standard InChI is InChI=1S/C12H9Cl2N3O/c13-9-3-1-7(5-10(9)14)12(18)17-11-4-2-8(15)6-16-11/h1-6H,15H2,(H,16,17,18). The van der Waals surface area contributed by atoms with Crippen LogP contribution in [0.4, 0.5) is 11.5 Å². The van der Waals surface area contributed by atoms with E-state index in [-0.39, 0.29) is 5.91 Å². The van der Waals surface area contributed by atoms with Crippen LogP contribution in [-0.4, -0.2) is 10.9 Å². The second-order valence-electron chi connectivity index (χ2n) is 3.56. The second kappa shape index (κ2) is 5.25. The van der Waals surface area contributed by atoms with Crippen LogP contribution in [0.3, 0.4) is 0 Å². The third-order valence-electron chi connectivity index (χ3n) is 2.21. The number of hydrogen-bond acceptors (Lipinski definition) is 3. The number of pyridine rings is 1. The number of amides is 1. The maximum absolute atomic E-state index is 11.9. The molecule has 0 spiro atoms. The van der Waals surface area contributed by atoms with Crippen LogP contribution in [0.1, 0.15) is 10.4 Å². The first-order valence-electron chi connectivity index (χ1n) is 5.04. The largest absolute Gasteiger partial charge is 0.397 e. The van der Waals surface area contributed by atoms with Crippen LogP contribution in [0.2, 0.25) is 10.0 Å². The van der Waals surface area contributed by atoms with Crippen molar-refractivity contribution in [1.82, 2.24) is 4.98 Å². The summed E-state index contributed by atoms with van der Waals surface area (Å²) >= 11 is 11.6. The Bertz CT molecular complexity index is 584. The van der Waals surface area contributed by atoms with Crippen molar-refractivity contribution in [3.63, 3.8) is 0 Å². The van der Waals surface area contributed by atoms with Crippen LogP contribution >= 0.6 is 23.2 Å². The molecule has 1 amide bonds. The summed E-state index contributed by atoms with van der Waals surface area (Å²) in [6.45, 7) is 0. The molecule has 0 saturated heterocycles. The molecule has 1 aromatic heterocycles. The molecule has 0 atom stereocenters. The summed E-state index contributed by atoms with van der Waals surface area (Å²) in [5.41, 5.74) is 6.43. The number of nitrogens with zero attached hydrogens (tertiary/aromatic N) is 1. The molecule has 0 saturated carbocycles. The molecule has 0 fully saturated rings. The van der Waals surface area contributed by atoms with Gasteiger partial charge in [-0.1, -0.05) is 23.2 Å². The van der Waals surface area contributed by atoms with Gasteiger partial charge in [-0.15, -0.1) is 0 Å². The lowest BCUT2D eigenvalue weighted by atomic mass is 10.2. The topological polar surface area (TPSA) is 68.0 Å². The number of rotatable bonds is 2. The zero-order chi connectivity index (χ0) is 13.1. The number of benzene rings is 1. The number of halogens is 2. The summed E-state index contributed by atoms with van der Waals surface area (Å²) in [5.74, 6) is 0.103. The average molecular weight is 282 g/mol. The monoisotopic (exact) mass is 281 g/mol. The van der Waals surface area contributed by atoms with Crippen molar-refractivity contribution in [1.29, 1.82) is 0 Å². The van der Waals surface area contributed by atoms with Gasteiger partial charge in [0.05, 0.1) is 21.9 Å². The van der Waals surface area contributed by atoms with Crippen LogP contribution in [-0.2, 0) is 0 Å². The molecule has 18 heavy (non-hydrogen) atoms. The molecular weight excluding hydrogens is 273 g/mol. The molecule has 92 valence electrons. The van der Waals surface area contributed by atoms with E-state index >= 15 is 0 Å². The predicted molar refractivity (Wildman–Crippen MR) is 73.1 cm³/mol. The van der Waals surface area contributed by atoms with Gasteiger partial charge in [0.2, 0.25) is 0 Å². The molecule has 6 heteroatoms. The molecule has 0 radical (unpaired) electrons. The highest BCUT2D eigenvalue weighted by Gasteiger charge is 2.08. The van der Waals surface area contributed by atoms with Gasteiger partial charge in [-0.05, 0) is 30.3 Å². The summed E-state index contributed by atoms with van der Waals surface area (Å²) < 4.78 is 0. The molecule has 2 aromatic rings. The molecule has 0 unspecified atom stereocenters. The van der Waals surface area contributed by atoms with Crippen molar-refractivity contribution in [2.75, 3.05) is 11.1 Å². The lowest BCUT2D eigenvalue weighted by molar-refractivity contribution is 0.102. The molecule has 1 heterocycles. The fourth-order valence-corrected chi connectivity index (χ4v) is 1.60. The first-order chi connectivity index (χ1) is 8.56. The van der Waals surface area contributed by atoms with Crippen LogP contribution in [0.5, 0.6) is 0 Å². The van der Waals surface area contributed by atoms with Crippen molar-refractivity contribution in [3.05, 3.63) is 52.1 Å². The molecule has 3 N–H and O–H groups in total. The number of aromatic nitrogens is 1. The minimum Gasteiger partial charge on any atom is -0.397 e. The minimum atomic E-state index is -0.314. The quantitative estimate of drug-likeness (QED) is 0.888. The Hall–Kier alpha value is -1.78. The smallest absolute Gasteiger partial charge is 0.256 e. The van der Waals surface area contributed by atoms with Crippen molar-refractivity contribution in [2.45, 2.75) is 0 Å². The highest BCUT2D eigenvalue weighted by Crippen LogP contribution is 2.23. The van der Waals surface area contributed by atoms with Gasteiger partial charge >= 0.3 is 0 Å². The summed E-state index contributed by atoms with van der Waals surface area (Å²) in [4.78, 5) is 15.8. The van der Waals surface area contributed by atoms with Gasteiger partial charge < -0.3 is 11.1 Å². The summed E-state index contributed by atoms with van der Waals surface area (Å²) in [6, 6.07) is 7.91. The number of anilines is 2. The van der Waals surface area contributed by atoms with Crippen LogP contribution in [0, 0.1) is 0 Å². The zero-order valence-electron chi connectivity index (χ0n) is 9.15. The normalized spacial score (nSPS) is 10.1. The molecule has 2 rings (SSSR count). The van der Waals surface area contributed by atoms with Crippen LogP contribution in [0.25, 0.3) is 0 Å². The van der Waals surface area contributed by atoms with Gasteiger partial charge in [0.1, 0.15) is 5.82 Å². The molecule has 0 aliphatic carbocycles. The Morgan fingerprint density at radius 2 is 1.94 bits per heavy atom. The van der Waals surface area contributed by atoms with Crippen molar-refractivity contribution in [2.24, 2.45) is 0 Å². The summed E-state index contributed by atoms with van der Waals surface area (Å²) in [7, 11) is 0. The van der Waals surface area contributed by atoms with E-state index in [1.807, 2.05) is 0 Å². The van der Waals surface area contributed by atoms with Gasteiger partial charge in [-0.2, -0.15) is 0 Å². The highest BCUT2D eigenvalue weighted by atomic mass is 35.5. The van der Waals surface area contributed by atoms with Gasteiger partial charge in [-0.25, -0.2) is 4.98 Å². The number of hydrogen-bond donors (Lipinski definition) is 2. The van der Waals surface area contributed by atoms with E-state index < -0.39 is 0 Å². The third-order valence-corrected chi connectivity index (χ3v) is 2.95. The summed E-state index contributed by atoms with van der Waals surface area (Å²) in [5, 5.41) is 3.35. The highest BCUT2D eigenvalue weighted by molar-refractivity contribution is 6.42. The van der Waals surface area contributed by atoms with E-state index in [1.54, 1.807) is 24.3 Å². The van der Waals surface area contributed by atoms with E-state index in [1.165, 1.54) is 12.3 Å². The average Bonchev–Trinajstić information content (AvgIpc) is 2.35. The first kappa shape index (κ1) is 12.7. The van der Waals surface area contributed by atoms with E-state index in [4.69, 9.17) is 28.9 Å². The van der Waals surface area contributed by atoms with E-state index in [0.29, 0.717) is 27.1 Å². The fraction of sp³-hybridized carbons (Fsp3) is 0. The lowest BCUT2D eigenvalue weighted by Gasteiger charge is -2.05. The van der Waals surface area contributed by atoms with Crippen molar-refractivity contribution in [3.8, 4) is 0 Å². The number of nitrogens with two attached hydrogens (primary N) is 1. The second-order valence-corrected chi connectivity index (χ2v) is 4.37. The van der Waals surface area contributed by atoms with Gasteiger partial charge in [-0.3, -0.25) is 4.79 Å². The number of nitrogen functional groups attached to an aromatic ring is 1. The Morgan fingerprint density at radius 1 is 1.17 bits per heavy atom. The SMILES string of the molecule is Nc1ccc(NC(=O)c2ccc(Cl)c(Cl)c2)nc1. The Morgan fingerprint density at radius 3 is 2.56 bits per heavy atom. The lowest BCUT2D eigenvalue weighted by Crippen LogP contribution is -2.12. The molecular formula is C12H9Cl2N3O. The van der Waals surface area contributed by atoms with Crippen molar-refractivity contribution >= 4 is 40.6 Å². The molecule has 0 aliphatic rings. The predicted octanol–water partition coefficient (Wildman–Crippen LogP) is 3.22. The zero-order valence-corrected chi connectivity index (χ0v) is 10.7. The number of nitrogens with one attached hydrogen (secondary N) is 1. The van der Waals surface area contributed by atoms with Gasteiger partial charge in [0.25, 0.3) is 5.91 Å². The Balaban J connectivity index is 2.16. The van der Waals surface area contributed by atoms with E-state index in [0.717, 1.165) is 0 Å². The number of carbonyl (C=O) groups is 1. The molecule has 4 nitrogen and oxygen atoms in total. The summed E-state index contributed by atoms with van der Waals surface area (Å²) in [6.07, 6.45) is 1.46. The van der Waals surface area contributed by atoms with E-state index in [9.17, 15) is 4.79 Å². The fourth-order valence-electron chi connectivity index (χ4n) is 1.31. The molecule has 1 aromatic carbocycles. The molecule has 0 bridgehead atoms. The van der Waals surface area contributed by atoms with Gasteiger partial charge in [0.15, 0.2) is 0 Å². The molecule has 0 aliphatic heterocycles. The Kier molecular flexibility index (Phi) is 3.69. The maximum atomic E-state index is 11.9. The Labute approximate surface area is 114 Å². The minimum absolute atomic E-state index is 0.314. The van der Waals surface area contributed by atoms with Crippen LogP contribution < -0.4 is 11.1 Å². The van der Waals surface area contributed by atoms with Crippen LogP contribution in [0.15, 0.2) is 36.5 Å². The first-order valence-corrected chi connectivity index (χ1v) is 5.80. The van der Waals surface area contributed by atoms with Gasteiger partial charge in [0, 0.05) is 5.56 Å². The van der Waals surface area contributed by atoms with E-state index in [2.05, 4.69) is 10.3 Å². The van der Waals surface area contributed by atoms with Crippen molar-refractivity contribution < 1.29 is 4.79 Å².